The second-order valence-electron chi connectivity index (χ2n) is 27.4. The molecule has 8 aromatic carbocycles. The van der Waals surface area contributed by atoms with Crippen LogP contribution in [0.5, 0.6) is 23.0 Å². The zero-order valence-corrected chi connectivity index (χ0v) is 58.8. The second-order valence-corrected chi connectivity index (χ2v) is 27.4. The summed E-state index contributed by atoms with van der Waals surface area (Å²) in [6.45, 7) is 33.8. The van der Waals surface area contributed by atoms with Gasteiger partial charge in [-0.3, -0.25) is 9.80 Å². The van der Waals surface area contributed by atoms with Gasteiger partial charge in [0.1, 0.15) is 36.6 Å². The van der Waals surface area contributed by atoms with Crippen LogP contribution in [-0.2, 0) is 26.7 Å². The van der Waals surface area contributed by atoms with Crippen LogP contribution in [0, 0.1) is 55.4 Å². The van der Waals surface area contributed by atoms with Crippen LogP contribution >= 0.6 is 0 Å². The Morgan fingerprint density at radius 3 is 1.05 bits per heavy atom. The molecule has 14 heteroatoms. The number of benzene rings is 8. The van der Waals surface area contributed by atoms with E-state index in [1.165, 1.54) is 158 Å². The molecule has 1 fully saturated rings. The fourth-order valence-electron chi connectivity index (χ4n) is 15.9. The highest BCUT2D eigenvalue weighted by Crippen LogP contribution is 2.42. The van der Waals surface area contributed by atoms with Gasteiger partial charge in [-0.05, 0) is 240 Å². The number of phenolic OH excluding ortho intramolecular Hbond substituents is 4. The van der Waals surface area contributed by atoms with Crippen LogP contribution in [0.3, 0.4) is 0 Å². The summed E-state index contributed by atoms with van der Waals surface area (Å²) in [5, 5.41) is 59.1. The Morgan fingerprint density at radius 1 is 0.367 bits per heavy atom. The number of hydrogen-bond acceptors (Lipinski definition) is 6. The van der Waals surface area contributed by atoms with Crippen molar-refractivity contribution < 1.29 is 38.7 Å². The van der Waals surface area contributed by atoms with E-state index in [0.29, 0.717) is 23.0 Å². The molecule has 0 saturated carbocycles. The maximum Gasteiger partial charge on any atom is 0.176 e. The molecular formula is C84H92N10O4+4. The van der Waals surface area contributed by atoms with E-state index in [9.17, 15) is 20.4 Å². The molecule has 98 heavy (non-hydrogen) atoms. The molecule has 8 aromatic heterocycles. The molecule has 1 aliphatic rings. The number of rotatable bonds is 9. The Labute approximate surface area is 571 Å². The molecule has 16 aromatic rings. The van der Waals surface area contributed by atoms with E-state index in [1.807, 2.05) is 55.6 Å². The normalized spacial score (nSPS) is 13.0. The standard InChI is InChI=1S/C24H27N3O.C23H27N3O.C19H18N2O.C18H16N2O/c1-16-21-15-27(13-12-26-9-4-3-5-10-26)11-8-19(21)17(2)24-23(16)20-14-18(28)6-7-22(20)25-24;1-5-25(6-2)11-12-26-10-9-18-16(4)23-22(15(3)20(18)14-26)19-13-17(27)7-8-21(19)24-23;1-4-21-8-7-14-12(3)19-18(11(2)16(14)10-21)15-9-13(22)5-6-17(15)20-19;1-10-15-9-20(3)7-6-13(15)11(2)18-17(10)14-8-12(21)4-5-16(14)19-18/h6-8,11,14-15,28H,3-5,9-10,12-13H2,1-2H3;7-10,13-14,27H,5-6,11-12H2,1-4H3;5-10,22H,4H2,1-3H3;4-9,21H,1-3H3/p+4. The number of aromatic hydroxyl groups is 4. The minimum Gasteiger partial charge on any atom is -0.508 e. The smallest absolute Gasteiger partial charge is 0.176 e. The van der Waals surface area contributed by atoms with E-state index in [2.05, 4.69) is 198 Å². The number of nitrogens with one attached hydrogen (secondary N) is 4. The Hall–Kier alpha value is -10.3. The minimum atomic E-state index is 0.305. The molecule has 9 heterocycles. The number of hydrogen-bond donors (Lipinski definition) is 8. The highest BCUT2D eigenvalue weighted by atomic mass is 16.3. The zero-order valence-electron chi connectivity index (χ0n) is 58.8. The van der Waals surface area contributed by atoms with Gasteiger partial charge >= 0.3 is 0 Å². The lowest BCUT2D eigenvalue weighted by molar-refractivity contribution is -0.695. The summed E-state index contributed by atoms with van der Waals surface area (Å²) >= 11 is 0. The van der Waals surface area contributed by atoms with Crippen LogP contribution in [0.4, 0.5) is 0 Å². The largest absolute Gasteiger partial charge is 0.508 e. The average Bonchev–Trinajstić information content (AvgIpc) is 1.56. The van der Waals surface area contributed by atoms with Gasteiger partial charge in [0.25, 0.3) is 0 Å². The average molecular weight is 1310 g/mol. The summed E-state index contributed by atoms with van der Waals surface area (Å²) in [4.78, 5) is 19.2. The van der Waals surface area contributed by atoms with Crippen molar-refractivity contribution in [2.24, 2.45) is 7.05 Å². The van der Waals surface area contributed by atoms with E-state index >= 15 is 0 Å². The molecule has 17 rings (SSSR count). The second kappa shape index (κ2) is 26.3. The van der Waals surface area contributed by atoms with E-state index in [0.717, 1.165) is 94.9 Å². The van der Waals surface area contributed by atoms with Crippen LogP contribution in [0.2, 0.25) is 0 Å². The van der Waals surface area contributed by atoms with Crippen LogP contribution < -0.4 is 18.3 Å². The third kappa shape index (κ3) is 11.7. The summed E-state index contributed by atoms with van der Waals surface area (Å²) in [7, 11) is 2.04. The molecule has 1 aliphatic heterocycles. The quantitative estimate of drug-likeness (QED) is 0.0670. The predicted octanol–water partition coefficient (Wildman–Crippen LogP) is 16.7. The number of piperidine rings is 1. The van der Waals surface area contributed by atoms with Crippen molar-refractivity contribution >= 4 is 130 Å². The first-order valence-electron chi connectivity index (χ1n) is 35.0. The van der Waals surface area contributed by atoms with Gasteiger partial charge in [-0.1, -0.05) is 20.3 Å². The van der Waals surface area contributed by atoms with Crippen molar-refractivity contribution in [3.8, 4) is 23.0 Å². The molecule has 0 atom stereocenters. The van der Waals surface area contributed by atoms with Gasteiger partial charge in [0, 0.05) is 111 Å². The lowest BCUT2D eigenvalue weighted by atomic mass is 9.97. The lowest BCUT2D eigenvalue weighted by Gasteiger charge is -2.24. The van der Waals surface area contributed by atoms with Gasteiger partial charge in [-0.25, -0.2) is 18.3 Å². The van der Waals surface area contributed by atoms with E-state index in [-0.39, 0.29) is 0 Å². The SMILES string of the molecule is CCN(CC)CC[n+]1ccc2c(C)c3[nH]c4ccc(O)cc4c3c(C)c2c1.CC[n+]1ccc2c(C)c3[nH]c4ccc(O)cc4c3c(C)c2c1.Cc1c2cc[n+](C)cc2c(C)c2c1[nH]c1ccc(O)cc12.Cc1c2cc[n+](CCN3CCCCC3)cc2c(C)c2c1[nH]c1ccc(O)cc12. The van der Waals surface area contributed by atoms with Crippen LogP contribution in [-0.4, -0.2) is 89.4 Å². The van der Waals surface area contributed by atoms with Crippen molar-refractivity contribution in [3.05, 3.63) is 191 Å². The topological polar surface area (TPSA) is 166 Å². The van der Waals surface area contributed by atoms with Crippen molar-refractivity contribution in [1.82, 2.24) is 29.7 Å². The summed E-state index contributed by atoms with van der Waals surface area (Å²) < 4.78 is 8.91. The summed E-state index contributed by atoms with van der Waals surface area (Å²) in [6, 6.07) is 31.0. The number of phenols is 4. The number of aromatic nitrogens is 8. The summed E-state index contributed by atoms with van der Waals surface area (Å²) in [5.74, 6) is 1.24. The minimum absolute atomic E-state index is 0.305. The van der Waals surface area contributed by atoms with Crippen molar-refractivity contribution in [2.45, 2.75) is 115 Å². The lowest BCUT2D eigenvalue weighted by Crippen LogP contribution is -2.41. The van der Waals surface area contributed by atoms with Gasteiger partial charge in [-0.2, -0.15) is 0 Å². The number of H-pyrrole nitrogens is 4. The molecular weight excluding hydrogens is 1210 g/mol. The molecule has 0 amide bonds. The molecule has 8 N–H and O–H groups in total. The molecule has 498 valence electrons. The van der Waals surface area contributed by atoms with Crippen molar-refractivity contribution in [3.63, 3.8) is 0 Å². The van der Waals surface area contributed by atoms with Gasteiger partial charge in [-0.15, -0.1) is 0 Å². The Balaban J connectivity index is 0.000000113. The molecule has 0 bridgehead atoms. The van der Waals surface area contributed by atoms with E-state index in [4.69, 9.17) is 0 Å². The van der Waals surface area contributed by atoms with Gasteiger partial charge in [0.05, 0.1) is 35.2 Å². The summed E-state index contributed by atoms with van der Waals surface area (Å²) in [6.07, 6.45) is 21.7. The molecule has 0 radical (unpaired) electrons. The van der Waals surface area contributed by atoms with E-state index in [1.54, 1.807) is 24.3 Å². The molecule has 0 spiro atoms. The number of aromatic amines is 4. The molecule has 1 saturated heterocycles. The van der Waals surface area contributed by atoms with Crippen molar-refractivity contribution in [2.75, 3.05) is 39.3 Å². The molecule has 14 nitrogen and oxygen atoms in total. The van der Waals surface area contributed by atoms with Crippen LogP contribution in [0.25, 0.3) is 130 Å². The number of likely N-dealkylation sites (N-methyl/N-ethyl adjacent to an activating group) is 1. The fraction of sp³-hybridized carbons (Fsp3) is 0.286. The van der Waals surface area contributed by atoms with Crippen LogP contribution in [0.1, 0.15) is 84.5 Å². The van der Waals surface area contributed by atoms with Gasteiger partial charge in [0.2, 0.25) is 0 Å². The van der Waals surface area contributed by atoms with Gasteiger partial charge < -0.3 is 40.4 Å². The summed E-state index contributed by atoms with van der Waals surface area (Å²) in [5.41, 5.74) is 19.0. The molecule has 0 unspecified atom stereocenters. The van der Waals surface area contributed by atoms with Gasteiger partial charge in [0.15, 0.2) is 62.7 Å². The Morgan fingerprint density at radius 2 is 0.694 bits per heavy atom. The Bertz CT molecular complexity index is 5820. The monoisotopic (exact) mass is 1300 g/mol. The highest BCUT2D eigenvalue weighted by molar-refractivity contribution is 6.20. The van der Waals surface area contributed by atoms with E-state index < -0.39 is 0 Å². The third-order valence-corrected chi connectivity index (χ3v) is 21.6. The fourth-order valence-corrected chi connectivity index (χ4v) is 15.9. The number of aryl methyl sites for hydroxylation is 10. The zero-order chi connectivity index (χ0) is 68.5. The predicted molar refractivity (Wildman–Crippen MR) is 403 cm³/mol. The van der Waals surface area contributed by atoms with Crippen LogP contribution in [0.15, 0.2) is 147 Å². The first-order valence-corrected chi connectivity index (χ1v) is 35.0. The third-order valence-electron chi connectivity index (χ3n) is 21.6. The van der Waals surface area contributed by atoms with Crippen molar-refractivity contribution in [1.29, 1.82) is 0 Å². The maximum atomic E-state index is 10.00. The number of fused-ring (bicyclic) bond motifs is 16. The maximum absolute atomic E-state index is 10.00. The first-order chi connectivity index (χ1) is 47.3. The number of nitrogens with zero attached hydrogens (tertiary/aromatic N) is 6. The first kappa shape index (κ1) is 65.0. The Kier molecular flexibility index (Phi) is 17.4. The number of pyridine rings is 4. The molecule has 0 aliphatic carbocycles. The highest BCUT2D eigenvalue weighted by Gasteiger charge is 2.23. The number of likely N-dealkylation sites (tertiary alicyclic amines) is 1.